The molecule has 4 heteroatoms. The lowest BCUT2D eigenvalue weighted by Crippen LogP contribution is -2.39. The number of halogens is 1. The minimum Gasteiger partial charge on any atom is -0.369 e. The Balaban J connectivity index is 1.98. The average Bonchev–Trinajstić information content (AvgIpc) is 2.41. The van der Waals surface area contributed by atoms with Crippen LogP contribution in [-0.4, -0.2) is 18.1 Å². The van der Waals surface area contributed by atoms with E-state index < -0.39 is 0 Å². The third kappa shape index (κ3) is 3.23. The summed E-state index contributed by atoms with van der Waals surface area (Å²) in [5.74, 6) is 0.953. The summed E-state index contributed by atoms with van der Waals surface area (Å²) >= 11 is 3.47. The molecular formula is C14H22BrN3. The van der Waals surface area contributed by atoms with Crippen LogP contribution in [-0.2, 0) is 0 Å². The van der Waals surface area contributed by atoms with Crippen LogP contribution in [0.2, 0.25) is 0 Å². The van der Waals surface area contributed by atoms with Crippen LogP contribution in [0.4, 0.5) is 5.82 Å². The van der Waals surface area contributed by atoms with E-state index in [4.69, 9.17) is 5.73 Å². The van der Waals surface area contributed by atoms with Crippen molar-refractivity contribution in [1.29, 1.82) is 0 Å². The second kappa shape index (κ2) is 6.02. The topological polar surface area (TPSA) is 50.9 Å². The lowest BCUT2D eigenvalue weighted by Gasteiger charge is -2.36. The minimum atomic E-state index is 0.279. The molecule has 0 radical (unpaired) electrons. The maximum absolute atomic E-state index is 5.99. The number of pyridine rings is 1. The van der Waals surface area contributed by atoms with Crippen LogP contribution in [0.15, 0.2) is 16.6 Å². The van der Waals surface area contributed by atoms with Gasteiger partial charge in [0.05, 0.1) is 5.69 Å². The van der Waals surface area contributed by atoms with Gasteiger partial charge in [-0.3, -0.25) is 0 Å². The summed E-state index contributed by atoms with van der Waals surface area (Å²) in [4.78, 5) is 4.52. The van der Waals surface area contributed by atoms with Gasteiger partial charge in [-0.25, -0.2) is 4.98 Å². The largest absolute Gasteiger partial charge is 0.369 e. The van der Waals surface area contributed by atoms with Crippen molar-refractivity contribution >= 4 is 21.7 Å². The highest BCUT2D eigenvalue weighted by Gasteiger charge is 2.30. The number of aryl methyl sites for hydroxylation is 1. The Morgan fingerprint density at radius 1 is 1.33 bits per heavy atom. The highest BCUT2D eigenvalue weighted by atomic mass is 79.9. The van der Waals surface area contributed by atoms with Crippen molar-refractivity contribution in [3.8, 4) is 0 Å². The molecule has 0 saturated heterocycles. The number of anilines is 1. The Morgan fingerprint density at radius 3 is 2.67 bits per heavy atom. The van der Waals surface area contributed by atoms with Gasteiger partial charge < -0.3 is 11.1 Å². The SMILES string of the molecule is Cc1nc(NCC2(CN)CCCCC2)ccc1Br. The summed E-state index contributed by atoms with van der Waals surface area (Å²) in [5.41, 5.74) is 7.29. The van der Waals surface area contributed by atoms with Crippen LogP contribution in [0.5, 0.6) is 0 Å². The Labute approximate surface area is 118 Å². The van der Waals surface area contributed by atoms with Gasteiger partial charge in [0.2, 0.25) is 0 Å². The molecule has 3 N–H and O–H groups in total. The summed E-state index contributed by atoms with van der Waals surface area (Å²) in [6.07, 6.45) is 6.47. The van der Waals surface area contributed by atoms with E-state index in [1.54, 1.807) is 0 Å². The highest BCUT2D eigenvalue weighted by Crippen LogP contribution is 2.35. The molecule has 3 nitrogen and oxygen atoms in total. The van der Waals surface area contributed by atoms with Crippen molar-refractivity contribution in [3.63, 3.8) is 0 Å². The van der Waals surface area contributed by atoms with Crippen LogP contribution in [0, 0.1) is 12.3 Å². The number of nitrogens with zero attached hydrogens (tertiary/aromatic N) is 1. The lowest BCUT2D eigenvalue weighted by atomic mass is 9.74. The molecule has 2 rings (SSSR count). The molecule has 1 saturated carbocycles. The zero-order valence-corrected chi connectivity index (χ0v) is 12.6. The Morgan fingerprint density at radius 2 is 2.06 bits per heavy atom. The standard InChI is InChI=1S/C14H22BrN3/c1-11-12(15)5-6-13(18-11)17-10-14(9-16)7-3-2-4-8-14/h5-6H,2-4,7-10,16H2,1H3,(H,17,18). The first-order valence-electron chi connectivity index (χ1n) is 6.72. The molecule has 1 aliphatic carbocycles. The molecule has 1 aromatic rings. The number of aromatic nitrogens is 1. The zero-order valence-electron chi connectivity index (χ0n) is 11.0. The van der Waals surface area contributed by atoms with Crippen LogP contribution in [0.25, 0.3) is 0 Å². The minimum absolute atomic E-state index is 0.279. The first-order valence-corrected chi connectivity index (χ1v) is 7.52. The maximum atomic E-state index is 5.99. The van der Waals surface area contributed by atoms with Crippen molar-refractivity contribution in [2.45, 2.75) is 39.0 Å². The van der Waals surface area contributed by atoms with Gasteiger partial charge in [-0.1, -0.05) is 19.3 Å². The second-order valence-corrected chi connectivity index (χ2v) is 6.24. The van der Waals surface area contributed by atoms with Gasteiger partial charge in [-0.2, -0.15) is 0 Å². The Hall–Kier alpha value is -0.610. The van der Waals surface area contributed by atoms with Gasteiger partial charge in [0, 0.05) is 11.0 Å². The quantitative estimate of drug-likeness (QED) is 0.895. The molecule has 0 bridgehead atoms. The maximum Gasteiger partial charge on any atom is 0.126 e. The lowest BCUT2D eigenvalue weighted by molar-refractivity contribution is 0.215. The molecule has 1 aromatic heterocycles. The van der Waals surface area contributed by atoms with Crippen molar-refractivity contribution in [1.82, 2.24) is 4.98 Å². The Bertz CT molecular complexity index is 400. The van der Waals surface area contributed by atoms with Crippen LogP contribution in [0.3, 0.4) is 0 Å². The van der Waals surface area contributed by atoms with Crippen LogP contribution < -0.4 is 11.1 Å². The van der Waals surface area contributed by atoms with Gasteiger partial charge >= 0.3 is 0 Å². The zero-order chi connectivity index (χ0) is 13.0. The van der Waals surface area contributed by atoms with E-state index in [1.807, 2.05) is 19.1 Å². The number of nitrogens with one attached hydrogen (secondary N) is 1. The van der Waals surface area contributed by atoms with E-state index in [2.05, 4.69) is 26.2 Å². The number of hydrogen-bond donors (Lipinski definition) is 2. The van der Waals surface area contributed by atoms with Crippen LogP contribution in [0.1, 0.15) is 37.8 Å². The fourth-order valence-electron chi connectivity index (χ4n) is 2.68. The van der Waals surface area contributed by atoms with E-state index >= 15 is 0 Å². The third-order valence-corrected chi connectivity index (χ3v) is 4.85. The van der Waals surface area contributed by atoms with E-state index in [0.29, 0.717) is 0 Å². The second-order valence-electron chi connectivity index (χ2n) is 5.38. The molecule has 1 heterocycles. The summed E-state index contributed by atoms with van der Waals surface area (Å²) in [6.45, 7) is 3.72. The van der Waals surface area contributed by atoms with Gasteiger partial charge in [0.1, 0.15) is 5.82 Å². The Kier molecular flexibility index (Phi) is 4.62. The predicted octanol–water partition coefficient (Wildman–Crippen LogP) is 3.47. The predicted molar refractivity (Wildman–Crippen MR) is 79.7 cm³/mol. The number of hydrogen-bond acceptors (Lipinski definition) is 3. The van der Waals surface area contributed by atoms with Crippen molar-refractivity contribution in [2.75, 3.05) is 18.4 Å². The van der Waals surface area contributed by atoms with E-state index in [-0.39, 0.29) is 5.41 Å². The summed E-state index contributed by atoms with van der Waals surface area (Å²) < 4.78 is 1.05. The normalized spacial score (nSPS) is 18.6. The van der Waals surface area contributed by atoms with Crippen molar-refractivity contribution in [3.05, 3.63) is 22.3 Å². The first-order chi connectivity index (χ1) is 8.65. The smallest absolute Gasteiger partial charge is 0.126 e. The van der Waals surface area contributed by atoms with Crippen molar-refractivity contribution < 1.29 is 0 Å². The van der Waals surface area contributed by atoms with Gasteiger partial charge in [0.15, 0.2) is 0 Å². The molecule has 0 spiro atoms. The molecule has 0 unspecified atom stereocenters. The first kappa shape index (κ1) is 13.8. The fourth-order valence-corrected chi connectivity index (χ4v) is 2.90. The molecule has 100 valence electrons. The van der Waals surface area contributed by atoms with Gasteiger partial charge in [0.25, 0.3) is 0 Å². The number of nitrogens with two attached hydrogens (primary N) is 1. The van der Waals surface area contributed by atoms with E-state index in [9.17, 15) is 0 Å². The fraction of sp³-hybridized carbons (Fsp3) is 0.643. The molecule has 1 fully saturated rings. The average molecular weight is 312 g/mol. The molecule has 0 atom stereocenters. The molecule has 0 aliphatic heterocycles. The molecular weight excluding hydrogens is 290 g/mol. The van der Waals surface area contributed by atoms with Crippen molar-refractivity contribution in [2.24, 2.45) is 11.1 Å². The summed E-state index contributed by atoms with van der Waals surface area (Å²) in [5, 5.41) is 3.46. The molecule has 18 heavy (non-hydrogen) atoms. The van der Waals surface area contributed by atoms with E-state index in [0.717, 1.165) is 29.1 Å². The summed E-state index contributed by atoms with van der Waals surface area (Å²) in [6, 6.07) is 4.06. The third-order valence-electron chi connectivity index (χ3n) is 4.01. The molecule has 1 aliphatic rings. The highest BCUT2D eigenvalue weighted by molar-refractivity contribution is 9.10. The monoisotopic (exact) mass is 311 g/mol. The van der Waals surface area contributed by atoms with Gasteiger partial charge in [-0.05, 0) is 59.8 Å². The summed E-state index contributed by atoms with van der Waals surface area (Å²) in [7, 11) is 0. The number of rotatable bonds is 4. The van der Waals surface area contributed by atoms with Gasteiger partial charge in [-0.15, -0.1) is 0 Å². The molecule has 0 aromatic carbocycles. The van der Waals surface area contributed by atoms with E-state index in [1.165, 1.54) is 32.1 Å². The van der Waals surface area contributed by atoms with Crippen LogP contribution >= 0.6 is 15.9 Å². The molecule has 0 amide bonds.